The number of halogens is 3. The summed E-state index contributed by atoms with van der Waals surface area (Å²) in [5.41, 5.74) is -0.855. The Morgan fingerprint density at radius 1 is 1.21 bits per heavy atom. The highest BCUT2D eigenvalue weighted by molar-refractivity contribution is 8.14. The topological polar surface area (TPSA) is 88.0 Å². The molecule has 1 heterocycles. The van der Waals surface area contributed by atoms with Crippen molar-refractivity contribution in [3.8, 4) is 0 Å². The Hall–Kier alpha value is -2.75. The van der Waals surface area contributed by atoms with E-state index in [-0.39, 0.29) is 23.2 Å². The number of nitrogens with zero attached hydrogens (tertiary/aromatic N) is 1. The van der Waals surface area contributed by atoms with Crippen LogP contribution in [0.3, 0.4) is 0 Å². The normalized spacial score (nSPS) is 21.4. The summed E-state index contributed by atoms with van der Waals surface area (Å²) in [4.78, 5) is 29.3. The van der Waals surface area contributed by atoms with Crippen LogP contribution in [-0.4, -0.2) is 39.4 Å². The van der Waals surface area contributed by atoms with E-state index in [1.165, 1.54) is 23.9 Å². The van der Waals surface area contributed by atoms with Gasteiger partial charge in [0.25, 0.3) is 5.91 Å². The molecule has 0 fully saturated rings. The first-order valence-corrected chi connectivity index (χ1v) is 11.1. The number of carbonyl (C=O) groups is 2. The Kier molecular flexibility index (Phi) is 6.97. The summed E-state index contributed by atoms with van der Waals surface area (Å²) in [6.07, 6.45) is -1.03. The van der Waals surface area contributed by atoms with Gasteiger partial charge in [0.15, 0.2) is 0 Å². The molecular formula is C23H25F3N2O4S. The smallest absolute Gasteiger partial charge is 0.416 e. The van der Waals surface area contributed by atoms with Crippen LogP contribution in [0, 0.1) is 5.41 Å². The SMILES string of the molecule is CC1=NC2C(OCc3ccc(C(F)(F)F)cc3)=C(C(=O)N[C@H](C(=O)O)C(C)(C)C)C=CC2S1. The first-order valence-electron chi connectivity index (χ1n) is 10.2. The van der Waals surface area contributed by atoms with Crippen LogP contribution in [0.4, 0.5) is 13.2 Å². The number of fused-ring (bicyclic) bond motifs is 1. The molecule has 33 heavy (non-hydrogen) atoms. The van der Waals surface area contributed by atoms with E-state index in [1.807, 2.05) is 13.0 Å². The number of alkyl halides is 3. The fraction of sp³-hybridized carbons (Fsp3) is 0.435. The monoisotopic (exact) mass is 482 g/mol. The second-order valence-corrected chi connectivity index (χ2v) is 10.3. The number of aliphatic imine (C=N–C) groups is 1. The van der Waals surface area contributed by atoms with Gasteiger partial charge in [-0.1, -0.05) is 39.0 Å². The quantitative estimate of drug-likeness (QED) is 0.621. The predicted octanol–water partition coefficient (Wildman–Crippen LogP) is 4.56. The molecule has 0 saturated heterocycles. The standard InChI is InChI=1S/C23H25F3N2O4S/c1-12-27-17-16(33-12)10-9-15(20(29)28-19(21(30)31)22(2,3)4)18(17)32-11-13-5-7-14(8-6-13)23(24,25)26/h5-10,16-17,19H,11H2,1-4H3,(H,28,29)(H,30,31)/t16?,17?,19-/m1/s1. The Morgan fingerprint density at radius 2 is 1.85 bits per heavy atom. The Balaban J connectivity index is 1.87. The molecule has 0 bridgehead atoms. The van der Waals surface area contributed by atoms with E-state index in [0.717, 1.165) is 17.2 Å². The van der Waals surface area contributed by atoms with Gasteiger partial charge in [-0.25, -0.2) is 4.79 Å². The van der Waals surface area contributed by atoms with Crippen LogP contribution in [0.25, 0.3) is 0 Å². The van der Waals surface area contributed by atoms with Crippen LogP contribution >= 0.6 is 11.8 Å². The van der Waals surface area contributed by atoms with E-state index in [1.54, 1.807) is 26.8 Å². The second kappa shape index (κ2) is 9.24. The average molecular weight is 483 g/mol. The van der Waals surface area contributed by atoms with Crippen LogP contribution in [-0.2, 0) is 27.1 Å². The number of ether oxygens (including phenoxy) is 1. The largest absolute Gasteiger partial charge is 0.490 e. The number of aliphatic carboxylic acids is 1. The van der Waals surface area contributed by atoms with Gasteiger partial charge >= 0.3 is 12.1 Å². The highest BCUT2D eigenvalue weighted by Gasteiger charge is 2.39. The van der Waals surface area contributed by atoms with Gasteiger partial charge < -0.3 is 15.2 Å². The van der Waals surface area contributed by atoms with Crippen molar-refractivity contribution in [2.75, 3.05) is 0 Å². The lowest BCUT2D eigenvalue weighted by Gasteiger charge is -2.29. The molecule has 1 aliphatic carbocycles. The zero-order chi connectivity index (χ0) is 24.6. The van der Waals surface area contributed by atoms with Gasteiger partial charge in [-0.15, -0.1) is 11.8 Å². The number of nitrogens with one attached hydrogen (secondary N) is 1. The molecule has 0 radical (unpaired) electrons. The highest BCUT2D eigenvalue weighted by atomic mass is 32.2. The summed E-state index contributed by atoms with van der Waals surface area (Å²) in [6, 6.07) is 2.96. The van der Waals surface area contributed by atoms with Gasteiger partial charge in [0.2, 0.25) is 0 Å². The van der Waals surface area contributed by atoms with Crippen molar-refractivity contribution >= 4 is 28.7 Å². The van der Waals surface area contributed by atoms with Crippen molar-refractivity contribution in [3.05, 3.63) is 58.9 Å². The molecule has 0 aromatic heterocycles. The molecule has 2 unspecified atom stereocenters. The van der Waals surface area contributed by atoms with Crippen LogP contribution in [0.5, 0.6) is 0 Å². The maximum Gasteiger partial charge on any atom is 0.416 e. The maximum atomic E-state index is 13.1. The second-order valence-electron chi connectivity index (χ2n) is 8.91. The van der Waals surface area contributed by atoms with Crippen LogP contribution < -0.4 is 5.32 Å². The molecule has 3 rings (SSSR count). The first-order chi connectivity index (χ1) is 15.3. The lowest BCUT2D eigenvalue weighted by molar-refractivity contribution is -0.144. The summed E-state index contributed by atoms with van der Waals surface area (Å²) >= 11 is 1.51. The van der Waals surface area contributed by atoms with E-state index in [9.17, 15) is 27.9 Å². The Labute approximate surface area is 194 Å². The fourth-order valence-electron chi connectivity index (χ4n) is 3.51. The van der Waals surface area contributed by atoms with Gasteiger partial charge in [-0.3, -0.25) is 9.79 Å². The van der Waals surface area contributed by atoms with Crippen LogP contribution in [0.15, 0.2) is 52.7 Å². The van der Waals surface area contributed by atoms with Gasteiger partial charge in [0, 0.05) is 0 Å². The van der Waals surface area contributed by atoms with Crippen molar-refractivity contribution < 1.29 is 32.6 Å². The average Bonchev–Trinajstić information content (AvgIpc) is 3.09. The summed E-state index contributed by atoms with van der Waals surface area (Å²) in [7, 11) is 0. The number of hydrogen-bond acceptors (Lipinski definition) is 5. The van der Waals surface area contributed by atoms with Crippen LogP contribution in [0.2, 0.25) is 0 Å². The van der Waals surface area contributed by atoms with Gasteiger partial charge in [0.05, 0.1) is 21.4 Å². The van der Waals surface area contributed by atoms with Crippen molar-refractivity contribution in [2.45, 2.75) is 57.8 Å². The molecule has 6 nitrogen and oxygen atoms in total. The molecule has 1 aromatic rings. The number of amides is 1. The van der Waals surface area contributed by atoms with Crippen molar-refractivity contribution in [3.63, 3.8) is 0 Å². The van der Waals surface area contributed by atoms with Crippen molar-refractivity contribution in [1.29, 1.82) is 0 Å². The highest BCUT2D eigenvalue weighted by Crippen LogP contribution is 2.38. The van der Waals surface area contributed by atoms with Crippen molar-refractivity contribution in [2.24, 2.45) is 10.4 Å². The summed E-state index contributed by atoms with van der Waals surface area (Å²) in [5, 5.41) is 12.8. The number of hydrogen-bond donors (Lipinski definition) is 2. The minimum Gasteiger partial charge on any atom is -0.490 e. The van der Waals surface area contributed by atoms with E-state index >= 15 is 0 Å². The van der Waals surface area contributed by atoms with E-state index in [0.29, 0.717) is 5.56 Å². The maximum absolute atomic E-state index is 13.1. The molecule has 2 N–H and O–H groups in total. The lowest BCUT2D eigenvalue weighted by atomic mass is 9.86. The summed E-state index contributed by atoms with van der Waals surface area (Å²) in [5.74, 6) is -1.51. The molecule has 1 aliphatic heterocycles. The molecule has 10 heteroatoms. The Bertz CT molecular complexity index is 1020. The molecular weight excluding hydrogens is 457 g/mol. The molecule has 2 aliphatic rings. The third kappa shape index (κ3) is 5.79. The Morgan fingerprint density at radius 3 is 2.39 bits per heavy atom. The minimum atomic E-state index is -4.43. The summed E-state index contributed by atoms with van der Waals surface area (Å²) < 4.78 is 44.4. The molecule has 3 atom stereocenters. The number of benzene rings is 1. The summed E-state index contributed by atoms with van der Waals surface area (Å²) in [6.45, 7) is 6.88. The number of carboxylic acid groups (broad SMARTS) is 1. The number of rotatable bonds is 6. The minimum absolute atomic E-state index is 0.0673. The molecule has 1 amide bonds. The predicted molar refractivity (Wildman–Crippen MR) is 120 cm³/mol. The fourth-order valence-corrected chi connectivity index (χ4v) is 4.54. The third-order valence-electron chi connectivity index (χ3n) is 5.23. The first kappa shape index (κ1) is 24.9. The van der Waals surface area contributed by atoms with E-state index < -0.39 is 41.1 Å². The molecule has 178 valence electrons. The van der Waals surface area contributed by atoms with E-state index in [2.05, 4.69) is 10.3 Å². The van der Waals surface area contributed by atoms with Gasteiger partial charge in [-0.2, -0.15) is 13.2 Å². The lowest BCUT2D eigenvalue weighted by Crippen LogP contribution is -2.49. The van der Waals surface area contributed by atoms with Crippen LogP contribution in [0.1, 0.15) is 38.8 Å². The molecule has 0 saturated carbocycles. The van der Waals surface area contributed by atoms with E-state index in [4.69, 9.17) is 4.74 Å². The van der Waals surface area contributed by atoms with Gasteiger partial charge in [-0.05, 0) is 36.1 Å². The number of thioether (sulfide) groups is 1. The molecule has 0 spiro atoms. The zero-order valence-electron chi connectivity index (χ0n) is 18.6. The third-order valence-corrected chi connectivity index (χ3v) is 6.37. The zero-order valence-corrected chi connectivity index (χ0v) is 19.4. The van der Waals surface area contributed by atoms with Crippen molar-refractivity contribution in [1.82, 2.24) is 5.32 Å². The van der Waals surface area contributed by atoms with Gasteiger partial charge in [0.1, 0.15) is 24.4 Å². The number of carboxylic acids is 1. The number of carbonyl (C=O) groups excluding carboxylic acids is 1. The molecule has 1 aromatic carbocycles.